The number of sulfonamides is 1. The molecule has 0 spiro atoms. The number of hydrogen-bond acceptors (Lipinski definition) is 4. The van der Waals surface area contributed by atoms with Gasteiger partial charge in [-0.3, -0.25) is 4.72 Å². The zero-order valence-electron chi connectivity index (χ0n) is 17.2. The Balaban J connectivity index is 0.00000450. The van der Waals surface area contributed by atoms with Gasteiger partial charge >= 0.3 is 0 Å². The predicted octanol–water partition coefficient (Wildman–Crippen LogP) is 3.50. The van der Waals surface area contributed by atoms with Gasteiger partial charge in [0, 0.05) is 18.7 Å². The molecule has 0 bridgehead atoms. The average Bonchev–Trinajstić information content (AvgIpc) is 2.69. The molecule has 9 heteroatoms. The van der Waals surface area contributed by atoms with Gasteiger partial charge in [-0.2, -0.15) is 0 Å². The highest BCUT2D eigenvalue weighted by Gasteiger charge is 2.08. The molecular weight excluding hydrogens is 515 g/mol. The minimum absolute atomic E-state index is 0. The van der Waals surface area contributed by atoms with E-state index in [4.69, 9.17) is 4.74 Å². The van der Waals surface area contributed by atoms with Crippen LogP contribution in [0.15, 0.2) is 66.2 Å². The first-order chi connectivity index (χ1) is 13.9. The largest absolute Gasteiger partial charge is 0.489 e. The van der Waals surface area contributed by atoms with Crippen LogP contribution in [-0.2, 0) is 23.1 Å². The average molecular weight is 544 g/mol. The van der Waals surface area contributed by atoms with E-state index in [1.165, 1.54) is 0 Å². The van der Waals surface area contributed by atoms with Crippen LogP contribution in [-0.4, -0.2) is 33.8 Å². The highest BCUT2D eigenvalue weighted by Crippen LogP contribution is 2.19. The Kier molecular flexibility index (Phi) is 11.3. The summed E-state index contributed by atoms with van der Waals surface area (Å²) < 4.78 is 31.4. The summed E-state index contributed by atoms with van der Waals surface area (Å²) in [6.07, 6.45) is 2.84. The lowest BCUT2D eigenvalue weighted by Gasteiger charge is -2.15. The number of aliphatic imine (C=N–C) groups is 1. The Morgan fingerprint density at radius 2 is 1.77 bits per heavy atom. The summed E-state index contributed by atoms with van der Waals surface area (Å²) in [7, 11) is -3.35. The highest BCUT2D eigenvalue weighted by molar-refractivity contribution is 14.0. The fraction of sp³-hybridized carbons (Fsp3) is 0.286. The third-order valence-electron chi connectivity index (χ3n) is 3.84. The van der Waals surface area contributed by atoms with Crippen molar-refractivity contribution in [3.8, 4) is 5.75 Å². The van der Waals surface area contributed by atoms with Crippen LogP contribution in [0, 0.1) is 0 Å². The smallest absolute Gasteiger partial charge is 0.229 e. The molecule has 2 rings (SSSR count). The van der Waals surface area contributed by atoms with E-state index in [0.29, 0.717) is 37.9 Å². The van der Waals surface area contributed by atoms with Gasteiger partial charge in [0.25, 0.3) is 0 Å². The maximum absolute atomic E-state index is 11.6. The topological polar surface area (TPSA) is 91.8 Å². The predicted molar refractivity (Wildman–Crippen MR) is 134 cm³/mol. The van der Waals surface area contributed by atoms with Crippen LogP contribution in [0.3, 0.4) is 0 Å². The molecule has 0 saturated heterocycles. The molecule has 3 N–H and O–H groups in total. The van der Waals surface area contributed by atoms with E-state index >= 15 is 0 Å². The number of hydrogen-bond donors (Lipinski definition) is 3. The molecule has 30 heavy (non-hydrogen) atoms. The quantitative estimate of drug-likeness (QED) is 0.184. The van der Waals surface area contributed by atoms with Gasteiger partial charge in [-0.15, -0.1) is 24.0 Å². The second kappa shape index (κ2) is 13.1. The number of ether oxygens (including phenoxy) is 1. The third kappa shape index (κ3) is 9.04. The maximum Gasteiger partial charge on any atom is 0.229 e. The van der Waals surface area contributed by atoms with Crippen molar-refractivity contribution in [1.82, 2.24) is 10.6 Å². The van der Waals surface area contributed by atoms with Crippen molar-refractivity contribution in [3.05, 3.63) is 72.3 Å². The maximum atomic E-state index is 11.6. The van der Waals surface area contributed by atoms with E-state index in [0.717, 1.165) is 23.1 Å². The lowest BCUT2D eigenvalue weighted by Crippen LogP contribution is -2.37. The van der Waals surface area contributed by atoms with Crippen LogP contribution in [0.1, 0.15) is 18.1 Å². The minimum atomic E-state index is -3.35. The molecule has 164 valence electrons. The van der Waals surface area contributed by atoms with Crippen molar-refractivity contribution in [3.63, 3.8) is 0 Å². The van der Waals surface area contributed by atoms with Crippen molar-refractivity contribution >= 4 is 45.6 Å². The van der Waals surface area contributed by atoms with Crippen molar-refractivity contribution in [2.45, 2.75) is 20.0 Å². The van der Waals surface area contributed by atoms with Gasteiger partial charge < -0.3 is 15.4 Å². The third-order valence-corrected chi connectivity index (χ3v) is 4.43. The standard InChI is InChI=1S/C21H28N4O3S.HI/c1-4-14-28-20-13-9-7-11-18(20)16-24-21(22-5-2)23-15-17-10-6-8-12-19(17)25-29(3,26)27;/h4,6-13,25H,1,5,14-16H2,2-3H3,(H2,22,23,24);1H. The molecule has 0 saturated carbocycles. The molecule has 0 aliphatic heterocycles. The number of nitrogens with zero attached hydrogens (tertiary/aromatic N) is 1. The SMILES string of the molecule is C=CCOc1ccccc1CN=C(NCC)NCc1ccccc1NS(C)(=O)=O.I. The van der Waals surface area contributed by atoms with Gasteiger partial charge in [-0.25, -0.2) is 13.4 Å². The van der Waals surface area contributed by atoms with Gasteiger partial charge in [-0.05, 0) is 24.6 Å². The molecule has 7 nitrogen and oxygen atoms in total. The fourth-order valence-electron chi connectivity index (χ4n) is 2.58. The van der Waals surface area contributed by atoms with E-state index in [9.17, 15) is 8.42 Å². The van der Waals surface area contributed by atoms with E-state index < -0.39 is 10.0 Å². The highest BCUT2D eigenvalue weighted by atomic mass is 127. The second-order valence-corrected chi connectivity index (χ2v) is 8.04. The summed E-state index contributed by atoms with van der Waals surface area (Å²) >= 11 is 0. The van der Waals surface area contributed by atoms with E-state index in [-0.39, 0.29) is 24.0 Å². The lowest BCUT2D eigenvalue weighted by atomic mass is 10.2. The molecule has 0 aliphatic rings. The fourth-order valence-corrected chi connectivity index (χ4v) is 3.18. The number of guanidine groups is 1. The Hall–Kier alpha value is -2.27. The van der Waals surface area contributed by atoms with Gasteiger partial charge in [0.15, 0.2) is 5.96 Å². The Bertz CT molecular complexity index is 949. The van der Waals surface area contributed by atoms with Crippen LogP contribution in [0.5, 0.6) is 5.75 Å². The normalized spacial score (nSPS) is 11.2. The van der Waals surface area contributed by atoms with Crippen LogP contribution < -0.4 is 20.1 Å². The molecule has 0 atom stereocenters. The summed E-state index contributed by atoms with van der Waals surface area (Å²) in [4.78, 5) is 4.62. The summed E-state index contributed by atoms with van der Waals surface area (Å²) in [6, 6.07) is 15.0. The Labute approximate surface area is 196 Å². The van der Waals surface area contributed by atoms with Crippen molar-refractivity contribution in [2.24, 2.45) is 4.99 Å². The Morgan fingerprint density at radius 1 is 1.10 bits per heavy atom. The molecular formula is C21H29IN4O3S. The summed E-state index contributed by atoms with van der Waals surface area (Å²) in [5.74, 6) is 1.40. The lowest BCUT2D eigenvalue weighted by molar-refractivity contribution is 0.359. The first-order valence-corrected chi connectivity index (χ1v) is 11.2. The number of para-hydroxylation sites is 2. The molecule has 2 aromatic carbocycles. The van der Waals surface area contributed by atoms with E-state index in [1.807, 2.05) is 43.3 Å². The van der Waals surface area contributed by atoms with Crippen molar-refractivity contribution < 1.29 is 13.2 Å². The van der Waals surface area contributed by atoms with Crippen LogP contribution in [0.4, 0.5) is 5.69 Å². The minimum Gasteiger partial charge on any atom is -0.489 e. The Morgan fingerprint density at radius 3 is 2.43 bits per heavy atom. The van der Waals surface area contributed by atoms with Gasteiger partial charge in [-0.1, -0.05) is 49.1 Å². The first-order valence-electron chi connectivity index (χ1n) is 9.32. The molecule has 0 aliphatic carbocycles. The summed E-state index contributed by atoms with van der Waals surface area (Å²) in [6.45, 7) is 7.64. The summed E-state index contributed by atoms with van der Waals surface area (Å²) in [5, 5.41) is 6.44. The molecule has 0 heterocycles. The van der Waals surface area contributed by atoms with E-state index in [2.05, 4.69) is 26.9 Å². The first kappa shape index (κ1) is 25.8. The van der Waals surface area contributed by atoms with Gasteiger partial charge in [0.1, 0.15) is 12.4 Å². The molecule has 0 aromatic heterocycles. The van der Waals surface area contributed by atoms with Crippen LogP contribution in [0.25, 0.3) is 0 Å². The molecule has 0 fully saturated rings. The number of halogens is 1. The number of rotatable bonds is 10. The molecule has 0 radical (unpaired) electrons. The van der Waals surface area contributed by atoms with Crippen molar-refractivity contribution in [2.75, 3.05) is 24.1 Å². The molecule has 0 unspecified atom stereocenters. The van der Waals surface area contributed by atoms with Gasteiger partial charge in [0.05, 0.1) is 18.5 Å². The number of nitrogens with one attached hydrogen (secondary N) is 3. The van der Waals surface area contributed by atoms with Gasteiger partial charge in [0.2, 0.25) is 10.0 Å². The zero-order chi connectivity index (χ0) is 21.1. The number of anilines is 1. The van der Waals surface area contributed by atoms with Crippen LogP contribution >= 0.6 is 24.0 Å². The second-order valence-electron chi connectivity index (χ2n) is 6.29. The molecule has 0 amide bonds. The monoisotopic (exact) mass is 544 g/mol. The molecule has 2 aromatic rings. The van der Waals surface area contributed by atoms with Crippen LogP contribution in [0.2, 0.25) is 0 Å². The van der Waals surface area contributed by atoms with E-state index in [1.54, 1.807) is 18.2 Å². The number of benzene rings is 2. The van der Waals surface area contributed by atoms with Crippen molar-refractivity contribution in [1.29, 1.82) is 0 Å². The zero-order valence-corrected chi connectivity index (χ0v) is 20.4. The summed E-state index contributed by atoms with van der Waals surface area (Å²) in [5.41, 5.74) is 2.32.